The Balaban J connectivity index is 1.74. The van der Waals surface area contributed by atoms with Crippen LogP contribution in [0, 0.1) is 0 Å². The largest absolute Gasteiger partial charge is 0.478 e. The van der Waals surface area contributed by atoms with Gasteiger partial charge < -0.3 is 10.0 Å². The average Bonchev–Trinajstić information content (AvgIpc) is 2.74. The minimum atomic E-state index is -0.841. The molecule has 3 nitrogen and oxygen atoms in total. The fraction of sp³-hybridized carbons (Fsp3) is 0.160. The van der Waals surface area contributed by atoms with E-state index in [2.05, 4.69) is 53.4 Å². The first kappa shape index (κ1) is 19.4. The first-order chi connectivity index (χ1) is 13.6. The Morgan fingerprint density at radius 2 is 1.32 bits per heavy atom. The second-order valence-electron chi connectivity index (χ2n) is 6.76. The van der Waals surface area contributed by atoms with E-state index in [9.17, 15) is 4.79 Å². The number of para-hydroxylation sites is 2. The maximum absolute atomic E-state index is 10.8. The number of carboxylic acids is 1. The summed E-state index contributed by atoms with van der Waals surface area (Å²) in [6.45, 7) is 1.64. The van der Waals surface area contributed by atoms with E-state index in [0.717, 1.165) is 36.3 Å². The van der Waals surface area contributed by atoms with Crippen molar-refractivity contribution in [1.29, 1.82) is 0 Å². The molecule has 0 aliphatic rings. The molecule has 0 aromatic heterocycles. The lowest BCUT2D eigenvalue weighted by Crippen LogP contribution is -2.09. The van der Waals surface area contributed by atoms with Crippen LogP contribution in [0.15, 0.2) is 96.6 Å². The highest BCUT2D eigenvalue weighted by Crippen LogP contribution is 2.34. The number of aryl methyl sites for hydroxylation is 1. The van der Waals surface area contributed by atoms with E-state index in [1.165, 1.54) is 5.56 Å². The summed E-state index contributed by atoms with van der Waals surface area (Å²) in [5.41, 5.74) is 5.03. The number of rotatable bonds is 8. The minimum Gasteiger partial charge on any atom is -0.478 e. The predicted molar refractivity (Wildman–Crippen MR) is 115 cm³/mol. The molecule has 3 aromatic carbocycles. The molecule has 3 aromatic rings. The number of carbonyl (C=O) groups is 1. The van der Waals surface area contributed by atoms with Gasteiger partial charge in [-0.2, -0.15) is 0 Å². The highest BCUT2D eigenvalue weighted by Gasteiger charge is 2.11. The molecule has 0 aliphatic heterocycles. The number of hydrogen-bond donors (Lipinski definition) is 1. The predicted octanol–water partition coefficient (Wildman–Crippen LogP) is 6.51. The molecule has 0 spiro atoms. The summed E-state index contributed by atoms with van der Waals surface area (Å²) in [7, 11) is 0. The lowest BCUT2D eigenvalue weighted by atomic mass is 10.1. The van der Waals surface area contributed by atoms with Gasteiger partial charge in [-0.05, 0) is 68.1 Å². The van der Waals surface area contributed by atoms with Crippen molar-refractivity contribution < 1.29 is 9.90 Å². The van der Waals surface area contributed by atoms with E-state index in [4.69, 9.17) is 5.11 Å². The van der Waals surface area contributed by atoms with Gasteiger partial charge in [0.15, 0.2) is 0 Å². The third-order valence-electron chi connectivity index (χ3n) is 4.68. The SMILES string of the molecule is CC(=CCCCc1ccc(N(c2ccccc2)c2ccccc2)cc1)C(=O)O. The number of hydrogen-bond acceptors (Lipinski definition) is 2. The molecule has 0 fully saturated rings. The van der Waals surface area contributed by atoms with Gasteiger partial charge in [-0.3, -0.25) is 0 Å². The summed E-state index contributed by atoms with van der Waals surface area (Å²) in [6, 6.07) is 29.3. The number of benzene rings is 3. The van der Waals surface area contributed by atoms with Crippen molar-refractivity contribution in [1.82, 2.24) is 0 Å². The van der Waals surface area contributed by atoms with Gasteiger partial charge in [-0.25, -0.2) is 4.79 Å². The fourth-order valence-electron chi connectivity index (χ4n) is 3.13. The van der Waals surface area contributed by atoms with E-state index in [1.807, 2.05) is 36.4 Å². The van der Waals surface area contributed by atoms with Gasteiger partial charge in [-0.1, -0.05) is 54.6 Å². The summed E-state index contributed by atoms with van der Waals surface area (Å²) in [4.78, 5) is 13.1. The van der Waals surface area contributed by atoms with Crippen LogP contribution in [0.3, 0.4) is 0 Å². The molecule has 0 saturated heterocycles. The second kappa shape index (κ2) is 9.56. The summed E-state index contributed by atoms with van der Waals surface area (Å²) in [6.07, 6.45) is 4.44. The highest BCUT2D eigenvalue weighted by atomic mass is 16.4. The average molecular weight is 371 g/mol. The molecule has 142 valence electrons. The highest BCUT2D eigenvalue weighted by molar-refractivity contribution is 5.85. The first-order valence-electron chi connectivity index (χ1n) is 9.54. The summed E-state index contributed by atoms with van der Waals surface area (Å²) >= 11 is 0. The van der Waals surface area contributed by atoms with Crippen molar-refractivity contribution in [3.05, 3.63) is 102 Å². The minimum absolute atomic E-state index is 0.414. The van der Waals surface area contributed by atoms with Gasteiger partial charge >= 0.3 is 5.97 Å². The van der Waals surface area contributed by atoms with Crippen LogP contribution in [0.1, 0.15) is 25.3 Å². The van der Waals surface area contributed by atoms with E-state index in [1.54, 1.807) is 13.0 Å². The third kappa shape index (κ3) is 5.10. The van der Waals surface area contributed by atoms with Crippen LogP contribution in [0.2, 0.25) is 0 Å². The standard InChI is InChI=1S/C25H25NO2/c1-20(25(27)28)10-8-9-11-21-16-18-24(19-17-21)26(22-12-4-2-5-13-22)23-14-6-3-7-15-23/h2-7,10,12-19H,8-9,11H2,1H3,(H,27,28). The monoisotopic (exact) mass is 371 g/mol. The molecule has 0 saturated carbocycles. The Morgan fingerprint density at radius 1 is 0.821 bits per heavy atom. The molecule has 0 aliphatic carbocycles. The molecule has 3 heteroatoms. The topological polar surface area (TPSA) is 40.5 Å². The quantitative estimate of drug-likeness (QED) is 0.362. The lowest BCUT2D eigenvalue weighted by molar-refractivity contribution is -0.132. The molecule has 1 N–H and O–H groups in total. The molecule has 0 atom stereocenters. The van der Waals surface area contributed by atoms with Gasteiger partial charge in [0.2, 0.25) is 0 Å². The van der Waals surface area contributed by atoms with E-state index in [0.29, 0.717) is 5.57 Å². The van der Waals surface area contributed by atoms with Gasteiger partial charge in [0, 0.05) is 22.6 Å². The van der Waals surface area contributed by atoms with Crippen molar-refractivity contribution in [2.24, 2.45) is 0 Å². The van der Waals surface area contributed by atoms with Crippen molar-refractivity contribution >= 4 is 23.0 Å². The Bertz CT molecular complexity index is 876. The molecule has 0 unspecified atom stereocenters. The molecule has 28 heavy (non-hydrogen) atoms. The number of anilines is 3. The second-order valence-corrected chi connectivity index (χ2v) is 6.76. The summed E-state index contributed by atoms with van der Waals surface area (Å²) in [5.74, 6) is -0.841. The van der Waals surface area contributed by atoms with Crippen molar-refractivity contribution in [2.75, 3.05) is 4.90 Å². The third-order valence-corrected chi connectivity index (χ3v) is 4.68. The van der Waals surface area contributed by atoms with Crippen LogP contribution in [-0.2, 0) is 11.2 Å². The van der Waals surface area contributed by atoms with Crippen LogP contribution >= 0.6 is 0 Å². The summed E-state index contributed by atoms with van der Waals surface area (Å²) < 4.78 is 0. The van der Waals surface area contributed by atoms with Crippen molar-refractivity contribution in [3.8, 4) is 0 Å². The molecule has 3 rings (SSSR count). The van der Waals surface area contributed by atoms with E-state index < -0.39 is 5.97 Å². The number of unbranched alkanes of at least 4 members (excludes halogenated alkanes) is 1. The molecule has 0 bridgehead atoms. The van der Waals surface area contributed by atoms with Gasteiger partial charge in [0.25, 0.3) is 0 Å². The van der Waals surface area contributed by atoms with Crippen LogP contribution in [0.5, 0.6) is 0 Å². The number of allylic oxidation sites excluding steroid dienone is 1. The summed E-state index contributed by atoms with van der Waals surface area (Å²) in [5, 5.41) is 8.90. The molecule has 0 amide bonds. The van der Waals surface area contributed by atoms with Gasteiger partial charge in [-0.15, -0.1) is 0 Å². The molecule has 0 radical (unpaired) electrons. The van der Waals surface area contributed by atoms with Crippen LogP contribution in [-0.4, -0.2) is 11.1 Å². The maximum Gasteiger partial charge on any atom is 0.330 e. The number of carboxylic acid groups (broad SMARTS) is 1. The zero-order valence-corrected chi connectivity index (χ0v) is 16.1. The van der Waals surface area contributed by atoms with E-state index in [-0.39, 0.29) is 0 Å². The smallest absolute Gasteiger partial charge is 0.330 e. The maximum atomic E-state index is 10.8. The fourth-order valence-corrected chi connectivity index (χ4v) is 3.13. The Labute approximate surface area is 166 Å². The van der Waals surface area contributed by atoms with Crippen LogP contribution in [0.4, 0.5) is 17.1 Å². The number of aliphatic carboxylic acids is 1. The van der Waals surface area contributed by atoms with E-state index >= 15 is 0 Å². The van der Waals surface area contributed by atoms with Gasteiger partial charge in [0.1, 0.15) is 0 Å². The molecule has 0 heterocycles. The Morgan fingerprint density at radius 3 is 1.82 bits per heavy atom. The zero-order chi connectivity index (χ0) is 19.8. The van der Waals surface area contributed by atoms with Crippen LogP contribution < -0.4 is 4.90 Å². The first-order valence-corrected chi connectivity index (χ1v) is 9.54. The van der Waals surface area contributed by atoms with Crippen molar-refractivity contribution in [3.63, 3.8) is 0 Å². The Kier molecular flexibility index (Phi) is 6.64. The lowest BCUT2D eigenvalue weighted by Gasteiger charge is -2.25. The van der Waals surface area contributed by atoms with Crippen LogP contribution in [0.25, 0.3) is 0 Å². The normalized spacial score (nSPS) is 11.2. The van der Waals surface area contributed by atoms with Gasteiger partial charge in [0.05, 0.1) is 0 Å². The van der Waals surface area contributed by atoms with Crippen molar-refractivity contribution in [2.45, 2.75) is 26.2 Å². The zero-order valence-electron chi connectivity index (χ0n) is 16.1. The molecular weight excluding hydrogens is 346 g/mol. The number of nitrogens with zero attached hydrogens (tertiary/aromatic N) is 1. The Hall–Kier alpha value is -3.33. The molecular formula is C25H25NO2.